The summed E-state index contributed by atoms with van der Waals surface area (Å²) in [5.74, 6) is 0.416. The number of rotatable bonds is 4. The molecule has 2 saturated heterocycles. The summed E-state index contributed by atoms with van der Waals surface area (Å²) in [5, 5.41) is 7.42. The molecule has 33 heavy (non-hydrogen) atoms. The number of piperazine rings is 1. The predicted molar refractivity (Wildman–Crippen MR) is 139 cm³/mol. The Balaban J connectivity index is 0.00000153. The van der Waals surface area contributed by atoms with Gasteiger partial charge in [0.15, 0.2) is 0 Å². The lowest BCUT2D eigenvalue weighted by atomic mass is 10.1. The summed E-state index contributed by atoms with van der Waals surface area (Å²) in [6, 6.07) is 12.8. The minimum Gasteiger partial charge on any atom is -0.366 e. The third-order valence-electron chi connectivity index (χ3n) is 6.61. The second kappa shape index (κ2) is 10.7. The summed E-state index contributed by atoms with van der Waals surface area (Å²) < 4.78 is 0. The molecule has 0 aliphatic carbocycles. The summed E-state index contributed by atoms with van der Waals surface area (Å²) in [4.78, 5) is 25.5. The molecule has 4 heterocycles. The number of anilines is 2. The number of fused-ring (bicyclic) bond motifs is 1. The second-order valence-corrected chi connectivity index (χ2v) is 8.77. The van der Waals surface area contributed by atoms with Crippen LogP contribution in [0.15, 0.2) is 42.6 Å². The Hall–Kier alpha value is -2.32. The highest BCUT2D eigenvalue weighted by Crippen LogP contribution is 2.32. The van der Waals surface area contributed by atoms with E-state index < -0.39 is 0 Å². The van der Waals surface area contributed by atoms with Crippen LogP contribution in [0.25, 0.3) is 10.9 Å². The number of H-pyrrole nitrogens is 1. The van der Waals surface area contributed by atoms with Crippen molar-refractivity contribution in [3.8, 4) is 0 Å². The number of carbonyl (C=O) groups is 1. The highest BCUT2D eigenvalue weighted by molar-refractivity contribution is 6.04. The van der Waals surface area contributed by atoms with E-state index in [1.807, 2.05) is 36.5 Å². The first-order valence-electron chi connectivity index (χ1n) is 11.2. The van der Waals surface area contributed by atoms with Crippen LogP contribution in [0.5, 0.6) is 0 Å². The number of hydrogen-bond donors (Lipinski definition) is 3. The predicted octanol–water partition coefficient (Wildman–Crippen LogP) is 4.22. The van der Waals surface area contributed by atoms with E-state index in [1.165, 1.54) is 18.5 Å². The van der Waals surface area contributed by atoms with Gasteiger partial charge in [0.25, 0.3) is 5.91 Å². The molecule has 0 spiro atoms. The molecule has 7 nitrogen and oxygen atoms in total. The van der Waals surface area contributed by atoms with Gasteiger partial charge < -0.3 is 20.5 Å². The molecule has 3 aromatic rings. The fourth-order valence-electron chi connectivity index (χ4n) is 4.82. The smallest absolute Gasteiger partial charge is 0.256 e. The van der Waals surface area contributed by atoms with Gasteiger partial charge in [0.1, 0.15) is 5.82 Å². The molecule has 3 N–H and O–H groups in total. The van der Waals surface area contributed by atoms with Gasteiger partial charge in [-0.2, -0.15) is 0 Å². The number of likely N-dealkylation sites (tertiary alicyclic amines) is 1. The molecule has 2 atom stereocenters. The molecule has 178 valence electrons. The first-order chi connectivity index (χ1) is 15.1. The SMILES string of the molecule is C[C@H]1CNCCN1c1ccc(C(=O)Nc2cc3[nH]c([C@H]4CCCN4C)cc3cn2)cc1.Cl.Cl. The summed E-state index contributed by atoms with van der Waals surface area (Å²) >= 11 is 0. The largest absolute Gasteiger partial charge is 0.366 e. The van der Waals surface area contributed by atoms with Gasteiger partial charge in [0.05, 0.1) is 5.52 Å². The van der Waals surface area contributed by atoms with E-state index in [0.29, 0.717) is 23.5 Å². The maximum Gasteiger partial charge on any atom is 0.256 e. The van der Waals surface area contributed by atoms with Crippen LogP contribution >= 0.6 is 24.8 Å². The summed E-state index contributed by atoms with van der Waals surface area (Å²) in [5.41, 5.74) is 4.01. The average Bonchev–Trinajstić information content (AvgIpc) is 3.39. The van der Waals surface area contributed by atoms with Crippen LogP contribution in [-0.2, 0) is 0 Å². The Morgan fingerprint density at radius 2 is 1.94 bits per heavy atom. The summed E-state index contributed by atoms with van der Waals surface area (Å²) in [7, 11) is 2.17. The summed E-state index contributed by atoms with van der Waals surface area (Å²) in [6.07, 6.45) is 4.22. The minimum atomic E-state index is -0.144. The second-order valence-electron chi connectivity index (χ2n) is 8.77. The maximum absolute atomic E-state index is 12.8. The number of halogens is 2. The molecule has 2 fully saturated rings. The molecule has 2 aliphatic rings. The number of nitrogens with zero attached hydrogens (tertiary/aromatic N) is 3. The number of amides is 1. The lowest BCUT2D eigenvalue weighted by Crippen LogP contribution is -2.49. The molecule has 9 heteroatoms. The Morgan fingerprint density at radius 3 is 2.64 bits per heavy atom. The third-order valence-corrected chi connectivity index (χ3v) is 6.61. The molecule has 1 aromatic carbocycles. The van der Waals surface area contributed by atoms with E-state index in [0.717, 1.165) is 42.8 Å². The quantitative estimate of drug-likeness (QED) is 0.510. The zero-order valence-electron chi connectivity index (χ0n) is 19.0. The van der Waals surface area contributed by atoms with Gasteiger partial charge in [-0.15, -0.1) is 24.8 Å². The topological polar surface area (TPSA) is 76.3 Å². The van der Waals surface area contributed by atoms with Crippen molar-refractivity contribution < 1.29 is 4.79 Å². The van der Waals surface area contributed by atoms with Gasteiger partial charge in [-0.05, 0) is 63.7 Å². The molecular weight excluding hydrogens is 459 g/mol. The molecule has 1 amide bonds. The Labute approximate surface area is 207 Å². The molecule has 5 rings (SSSR count). The van der Waals surface area contributed by atoms with Crippen LogP contribution in [-0.4, -0.2) is 60.0 Å². The van der Waals surface area contributed by atoms with Crippen molar-refractivity contribution in [1.29, 1.82) is 0 Å². The van der Waals surface area contributed by atoms with Gasteiger partial charge in [-0.3, -0.25) is 9.69 Å². The van der Waals surface area contributed by atoms with Gasteiger partial charge in [-0.1, -0.05) is 0 Å². The van der Waals surface area contributed by atoms with Crippen LogP contribution in [0, 0.1) is 0 Å². The van der Waals surface area contributed by atoms with E-state index in [2.05, 4.69) is 50.4 Å². The number of hydrogen-bond acceptors (Lipinski definition) is 5. The molecule has 2 aromatic heterocycles. The first kappa shape index (κ1) is 25.3. The fraction of sp³-hybridized carbons (Fsp3) is 0.417. The Morgan fingerprint density at radius 1 is 1.15 bits per heavy atom. The van der Waals surface area contributed by atoms with E-state index >= 15 is 0 Å². The molecule has 0 bridgehead atoms. The zero-order chi connectivity index (χ0) is 21.4. The molecule has 0 unspecified atom stereocenters. The lowest BCUT2D eigenvalue weighted by Gasteiger charge is -2.35. The number of nitrogens with one attached hydrogen (secondary N) is 3. The van der Waals surface area contributed by atoms with Gasteiger partial charge >= 0.3 is 0 Å². The van der Waals surface area contributed by atoms with E-state index in [1.54, 1.807) is 0 Å². The number of benzene rings is 1. The van der Waals surface area contributed by atoms with Crippen molar-refractivity contribution >= 4 is 53.1 Å². The van der Waals surface area contributed by atoms with Crippen molar-refractivity contribution in [3.63, 3.8) is 0 Å². The van der Waals surface area contributed by atoms with E-state index in [-0.39, 0.29) is 30.7 Å². The van der Waals surface area contributed by atoms with E-state index in [4.69, 9.17) is 0 Å². The highest BCUT2D eigenvalue weighted by Gasteiger charge is 2.24. The summed E-state index contributed by atoms with van der Waals surface area (Å²) in [6.45, 7) is 6.29. The minimum absolute atomic E-state index is 0. The first-order valence-corrected chi connectivity index (χ1v) is 11.2. The standard InChI is InChI=1S/C24H30N6O.2ClH/c1-16-14-25-9-11-30(16)19-7-5-17(6-8-19)24(31)28-23-13-20-18(15-26-23)12-21(27-20)22-4-3-10-29(22)2;;/h5-8,12-13,15-16,22,25,27H,3-4,9-11,14H2,1-2H3,(H,26,28,31);2*1H/t16-,22+;;/m0../s1. The van der Waals surface area contributed by atoms with Gasteiger partial charge in [0.2, 0.25) is 0 Å². The van der Waals surface area contributed by atoms with Crippen molar-refractivity contribution in [3.05, 3.63) is 53.9 Å². The number of aromatic nitrogens is 2. The van der Waals surface area contributed by atoms with Gasteiger partial charge in [0, 0.05) is 66.3 Å². The van der Waals surface area contributed by atoms with Crippen LogP contribution < -0.4 is 15.5 Å². The zero-order valence-corrected chi connectivity index (χ0v) is 20.6. The number of carbonyl (C=O) groups excluding carboxylic acids is 1. The van der Waals surface area contributed by atoms with E-state index in [9.17, 15) is 4.79 Å². The maximum atomic E-state index is 12.8. The Kier molecular flexibility index (Phi) is 8.23. The van der Waals surface area contributed by atoms with Crippen LogP contribution in [0.3, 0.4) is 0 Å². The highest BCUT2D eigenvalue weighted by atomic mass is 35.5. The number of aromatic amines is 1. The Bertz CT molecular complexity index is 1090. The van der Waals surface area contributed by atoms with Gasteiger partial charge in [-0.25, -0.2) is 4.98 Å². The van der Waals surface area contributed by atoms with Crippen molar-refractivity contribution in [2.24, 2.45) is 0 Å². The van der Waals surface area contributed by atoms with Crippen molar-refractivity contribution in [1.82, 2.24) is 20.2 Å². The lowest BCUT2D eigenvalue weighted by molar-refractivity contribution is 0.102. The normalized spacial score (nSPS) is 20.8. The molecule has 0 radical (unpaired) electrons. The van der Waals surface area contributed by atoms with Crippen LogP contribution in [0.2, 0.25) is 0 Å². The van der Waals surface area contributed by atoms with Crippen molar-refractivity contribution in [2.75, 3.05) is 43.4 Å². The van der Waals surface area contributed by atoms with Crippen LogP contribution in [0.1, 0.15) is 41.9 Å². The number of pyridine rings is 1. The molecule has 0 saturated carbocycles. The molecular formula is C24H32Cl2N6O. The third kappa shape index (κ3) is 5.27. The van der Waals surface area contributed by atoms with Crippen molar-refractivity contribution in [2.45, 2.75) is 31.8 Å². The fourth-order valence-corrected chi connectivity index (χ4v) is 4.82. The average molecular weight is 491 g/mol. The molecule has 2 aliphatic heterocycles. The van der Waals surface area contributed by atoms with Crippen LogP contribution in [0.4, 0.5) is 11.5 Å². The monoisotopic (exact) mass is 490 g/mol.